The predicted molar refractivity (Wildman–Crippen MR) is 61.3 cm³/mol. The Morgan fingerprint density at radius 3 is 2.56 bits per heavy atom. The molecule has 0 N–H and O–H groups in total. The first-order valence-corrected chi connectivity index (χ1v) is 6.15. The summed E-state index contributed by atoms with van der Waals surface area (Å²) in [6.45, 7) is 0.906. The fourth-order valence-corrected chi connectivity index (χ4v) is 2.84. The summed E-state index contributed by atoms with van der Waals surface area (Å²) in [5.74, 6) is 0.178. The Morgan fingerprint density at radius 1 is 1.31 bits per heavy atom. The third-order valence-electron chi connectivity index (χ3n) is 3.85. The molecule has 3 heteroatoms. The van der Waals surface area contributed by atoms with Gasteiger partial charge in [-0.25, -0.2) is 4.39 Å². The Kier molecular flexibility index (Phi) is 2.45. The maximum atomic E-state index is 13.7. The third kappa shape index (κ3) is 1.85. The van der Waals surface area contributed by atoms with Gasteiger partial charge in [0.1, 0.15) is 5.82 Å². The Balaban J connectivity index is 1.77. The standard InChI is InChI=1S/C13H14ClFO/c14-10-1-2-11(12(15)7-10)9-3-5-13(6-4-9)8-16-13/h1-2,7,9H,3-6,8H2. The van der Waals surface area contributed by atoms with Crippen LogP contribution in [-0.2, 0) is 4.74 Å². The molecule has 16 heavy (non-hydrogen) atoms. The molecule has 1 heterocycles. The lowest BCUT2D eigenvalue weighted by Crippen LogP contribution is -2.20. The number of hydrogen-bond acceptors (Lipinski definition) is 1. The van der Waals surface area contributed by atoms with E-state index in [1.54, 1.807) is 6.07 Å². The van der Waals surface area contributed by atoms with Gasteiger partial charge >= 0.3 is 0 Å². The van der Waals surface area contributed by atoms with Gasteiger partial charge < -0.3 is 4.74 Å². The largest absolute Gasteiger partial charge is 0.370 e. The minimum Gasteiger partial charge on any atom is -0.370 e. The van der Waals surface area contributed by atoms with E-state index < -0.39 is 0 Å². The molecule has 1 nitrogen and oxygen atoms in total. The minimum absolute atomic E-state index is 0.162. The smallest absolute Gasteiger partial charge is 0.128 e. The van der Waals surface area contributed by atoms with Gasteiger partial charge in [0.05, 0.1) is 12.2 Å². The third-order valence-corrected chi connectivity index (χ3v) is 4.09. The fourth-order valence-electron chi connectivity index (χ4n) is 2.68. The Labute approximate surface area is 99.6 Å². The Bertz CT molecular complexity index is 404. The molecule has 0 bridgehead atoms. The number of ether oxygens (including phenoxy) is 1. The second-order valence-electron chi connectivity index (χ2n) is 4.91. The lowest BCUT2D eigenvalue weighted by molar-refractivity contribution is 0.222. The summed E-state index contributed by atoms with van der Waals surface area (Å²) in [7, 11) is 0. The molecule has 1 saturated heterocycles. The van der Waals surface area contributed by atoms with E-state index in [0.29, 0.717) is 10.9 Å². The van der Waals surface area contributed by atoms with Crippen molar-refractivity contribution >= 4 is 11.6 Å². The zero-order valence-corrected chi connectivity index (χ0v) is 9.77. The summed E-state index contributed by atoms with van der Waals surface area (Å²) in [4.78, 5) is 0. The van der Waals surface area contributed by atoms with Gasteiger partial charge in [0, 0.05) is 5.02 Å². The summed E-state index contributed by atoms with van der Waals surface area (Å²) < 4.78 is 19.2. The van der Waals surface area contributed by atoms with Crippen molar-refractivity contribution in [2.45, 2.75) is 37.2 Å². The van der Waals surface area contributed by atoms with E-state index >= 15 is 0 Å². The summed E-state index contributed by atoms with van der Waals surface area (Å²) >= 11 is 5.75. The highest BCUT2D eigenvalue weighted by Gasteiger charge is 2.47. The summed E-state index contributed by atoms with van der Waals surface area (Å²) in [5, 5.41) is 0.471. The number of hydrogen-bond donors (Lipinski definition) is 0. The van der Waals surface area contributed by atoms with Crippen LogP contribution in [0.25, 0.3) is 0 Å². The van der Waals surface area contributed by atoms with Crippen molar-refractivity contribution in [3.8, 4) is 0 Å². The van der Waals surface area contributed by atoms with Crippen molar-refractivity contribution in [3.05, 3.63) is 34.6 Å². The summed E-state index contributed by atoms with van der Waals surface area (Å²) in [5.41, 5.74) is 0.999. The SMILES string of the molecule is Fc1cc(Cl)ccc1C1CCC2(CC1)CO2. The maximum Gasteiger partial charge on any atom is 0.128 e. The normalized spacial score (nSPS) is 33.0. The lowest BCUT2D eigenvalue weighted by atomic mass is 9.78. The maximum absolute atomic E-state index is 13.7. The van der Waals surface area contributed by atoms with Gasteiger partial charge in [-0.3, -0.25) is 0 Å². The van der Waals surface area contributed by atoms with Crippen molar-refractivity contribution in [2.75, 3.05) is 6.61 Å². The lowest BCUT2D eigenvalue weighted by Gasteiger charge is -2.26. The molecule has 0 radical (unpaired) electrons. The van der Waals surface area contributed by atoms with Crippen LogP contribution in [0.4, 0.5) is 4.39 Å². The highest BCUT2D eigenvalue weighted by molar-refractivity contribution is 6.30. The van der Waals surface area contributed by atoms with Gasteiger partial charge in [0.2, 0.25) is 0 Å². The van der Waals surface area contributed by atoms with Crippen LogP contribution in [0, 0.1) is 5.82 Å². The second kappa shape index (κ2) is 3.71. The molecule has 2 fully saturated rings. The average molecular weight is 241 g/mol. The van der Waals surface area contributed by atoms with Crippen molar-refractivity contribution in [2.24, 2.45) is 0 Å². The number of benzene rings is 1. The van der Waals surface area contributed by atoms with Crippen LogP contribution in [0.15, 0.2) is 18.2 Å². The number of rotatable bonds is 1. The topological polar surface area (TPSA) is 12.5 Å². The fraction of sp³-hybridized carbons (Fsp3) is 0.538. The van der Waals surface area contributed by atoms with Crippen molar-refractivity contribution in [1.82, 2.24) is 0 Å². The molecule has 0 atom stereocenters. The molecule has 3 rings (SSSR count). The number of halogens is 2. The highest BCUT2D eigenvalue weighted by atomic mass is 35.5. The first-order chi connectivity index (χ1) is 7.69. The van der Waals surface area contributed by atoms with Crippen LogP contribution < -0.4 is 0 Å². The van der Waals surface area contributed by atoms with E-state index in [-0.39, 0.29) is 11.4 Å². The van der Waals surface area contributed by atoms with E-state index in [1.807, 2.05) is 6.07 Å². The number of epoxide rings is 1. The van der Waals surface area contributed by atoms with Crippen LogP contribution in [0.1, 0.15) is 37.2 Å². The van der Waals surface area contributed by atoms with Gasteiger partial charge in [-0.1, -0.05) is 17.7 Å². The molecule has 2 aliphatic rings. The van der Waals surface area contributed by atoms with Crippen LogP contribution in [0.3, 0.4) is 0 Å². The molecule has 1 spiro atoms. The second-order valence-corrected chi connectivity index (χ2v) is 5.35. The molecular weight excluding hydrogens is 227 g/mol. The van der Waals surface area contributed by atoms with Gasteiger partial charge in [-0.15, -0.1) is 0 Å². The van der Waals surface area contributed by atoms with Crippen molar-refractivity contribution in [1.29, 1.82) is 0 Å². The summed E-state index contributed by atoms with van der Waals surface area (Å²) in [6.07, 6.45) is 4.19. The zero-order chi connectivity index (χ0) is 11.2. The highest BCUT2D eigenvalue weighted by Crippen LogP contribution is 2.47. The van der Waals surface area contributed by atoms with Gasteiger partial charge in [0.25, 0.3) is 0 Å². The van der Waals surface area contributed by atoms with E-state index in [4.69, 9.17) is 16.3 Å². The van der Waals surface area contributed by atoms with E-state index in [2.05, 4.69) is 0 Å². The molecule has 1 aliphatic carbocycles. The van der Waals surface area contributed by atoms with Crippen LogP contribution >= 0.6 is 11.6 Å². The first kappa shape index (κ1) is 10.5. The van der Waals surface area contributed by atoms with Gasteiger partial charge in [-0.05, 0) is 49.3 Å². The molecule has 1 aromatic carbocycles. The molecule has 0 amide bonds. The van der Waals surface area contributed by atoms with E-state index in [9.17, 15) is 4.39 Å². The summed E-state index contributed by atoms with van der Waals surface area (Å²) in [6, 6.07) is 5.01. The van der Waals surface area contributed by atoms with Crippen LogP contribution in [0.2, 0.25) is 5.02 Å². The molecular formula is C13H14ClFO. The molecule has 1 saturated carbocycles. The Morgan fingerprint density at radius 2 is 2.00 bits per heavy atom. The van der Waals surface area contributed by atoms with Crippen molar-refractivity contribution in [3.63, 3.8) is 0 Å². The van der Waals surface area contributed by atoms with Crippen LogP contribution in [-0.4, -0.2) is 12.2 Å². The quantitative estimate of drug-likeness (QED) is 0.678. The van der Waals surface area contributed by atoms with Crippen LogP contribution in [0.5, 0.6) is 0 Å². The molecule has 0 unspecified atom stereocenters. The zero-order valence-electron chi connectivity index (χ0n) is 9.01. The average Bonchev–Trinajstić information content (AvgIpc) is 3.00. The molecule has 1 aliphatic heterocycles. The van der Waals surface area contributed by atoms with Gasteiger partial charge in [-0.2, -0.15) is 0 Å². The molecule has 0 aromatic heterocycles. The Hall–Kier alpha value is -0.600. The first-order valence-electron chi connectivity index (χ1n) is 5.77. The molecule has 86 valence electrons. The minimum atomic E-state index is -0.162. The van der Waals surface area contributed by atoms with E-state index in [1.165, 1.54) is 6.07 Å². The molecule has 1 aromatic rings. The van der Waals surface area contributed by atoms with Crippen molar-refractivity contribution < 1.29 is 9.13 Å². The monoisotopic (exact) mass is 240 g/mol. The predicted octanol–water partition coefficient (Wildman–Crippen LogP) is 3.91. The van der Waals surface area contributed by atoms with E-state index in [0.717, 1.165) is 37.9 Å². The van der Waals surface area contributed by atoms with Gasteiger partial charge in [0.15, 0.2) is 0 Å².